The number of hydrogen-bond acceptors (Lipinski definition) is 3. The second-order valence-electron chi connectivity index (χ2n) is 4.92. The summed E-state index contributed by atoms with van der Waals surface area (Å²) in [6, 6.07) is 8.20. The number of guanidine groups is 1. The Balaban J connectivity index is 2.51. The second kappa shape index (κ2) is 7.99. The van der Waals surface area contributed by atoms with E-state index in [1.165, 1.54) is 11.1 Å². The van der Waals surface area contributed by atoms with Crippen LogP contribution in [0.5, 0.6) is 0 Å². The molecule has 7 heteroatoms. The van der Waals surface area contributed by atoms with Gasteiger partial charge in [-0.2, -0.15) is 0 Å². The number of sulfonamides is 1. The summed E-state index contributed by atoms with van der Waals surface area (Å²) >= 11 is 0. The molecule has 0 aliphatic carbocycles. The quantitative estimate of drug-likeness (QED) is 0.457. The van der Waals surface area contributed by atoms with E-state index in [2.05, 4.69) is 34.1 Å². The van der Waals surface area contributed by atoms with Gasteiger partial charge in [-0.3, -0.25) is 4.99 Å². The normalized spacial score (nSPS) is 12.3. The fourth-order valence-corrected chi connectivity index (χ4v) is 2.39. The Kier molecular flexibility index (Phi) is 6.64. The van der Waals surface area contributed by atoms with Gasteiger partial charge >= 0.3 is 0 Å². The van der Waals surface area contributed by atoms with Crippen LogP contribution in [0.15, 0.2) is 29.3 Å². The number of nitrogens with one attached hydrogen (secondary N) is 2. The zero-order valence-corrected chi connectivity index (χ0v) is 13.9. The van der Waals surface area contributed by atoms with Gasteiger partial charge in [0, 0.05) is 33.7 Å². The van der Waals surface area contributed by atoms with Gasteiger partial charge in [-0.25, -0.2) is 13.1 Å². The first-order valence-corrected chi connectivity index (χ1v) is 8.63. The number of benzene rings is 1. The van der Waals surface area contributed by atoms with Gasteiger partial charge in [0.1, 0.15) is 0 Å². The fraction of sp³-hybridized carbons (Fsp3) is 0.500. The van der Waals surface area contributed by atoms with Crippen molar-refractivity contribution >= 4 is 16.0 Å². The predicted octanol–water partition coefficient (Wildman–Crippen LogP) is 0.551. The van der Waals surface area contributed by atoms with Crippen LogP contribution >= 0.6 is 0 Å². The van der Waals surface area contributed by atoms with E-state index in [0.29, 0.717) is 13.1 Å². The van der Waals surface area contributed by atoms with Crippen molar-refractivity contribution in [1.29, 1.82) is 0 Å². The van der Waals surface area contributed by atoms with Crippen LogP contribution in [0, 0.1) is 6.92 Å². The molecule has 1 rings (SSSR count). The molecule has 0 bridgehead atoms. The van der Waals surface area contributed by atoms with Crippen molar-refractivity contribution in [3.05, 3.63) is 35.4 Å². The van der Waals surface area contributed by atoms with Crippen molar-refractivity contribution in [2.45, 2.75) is 13.5 Å². The SMILES string of the molecule is CN=C(NCCNS(C)(=O)=O)N(C)Cc1ccccc1C. The predicted molar refractivity (Wildman–Crippen MR) is 86.9 cm³/mol. The number of nitrogens with zero attached hydrogens (tertiary/aromatic N) is 2. The Labute approximate surface area is 127 Å². The van der Waals surface area contributed by atoms with Crippen molar-refractivity contribution in [1.82, 2.24) is 14.9 Å². The molecule has 0 spiro atoms. The molecule has 0 saturated carbocycles. The topological polar surface area (TPSA) is 73.8 Å². The molecule has 2 N–H and O–H groups in total. The van der Waals surface area contributed by atoms with E-state index in [1.807, 2.05) is 24.1 Å². The van der Waals surface area contributed by atoms with E-state index in [4.69, 9.17) is 0 Å². The molecule has 118 valence electrons. The summed E-state index contributed by atoms with van der Waals surface area (Å²) in [5.41, 5.74) is 2.47. The van der Waals surface area contributed by atoms with Crippen LogP contribution in [-0.2, 0) is 16.6 Å². The average molecular weight is 312 g/mol. The van der Waals surface area contributed by atoms with Crippen LogP contribution < -0.4 is 10.0 Å². The first-order valence-electron chi connectivity index (χ1n) is 6.74. The van der Waals surface area contributed by atoms with E-state index in [9.17, 15) is 8.42 Å². The molecule has 1 aromatic carbocycles. The van der Waals surface area contributed by atoms with Gasteiger partial charge in [0.05, 0.1) is 6.26 Å². The minimum atomic E-state index is -3.15. The van der Waals surface area contributed by atoms with Crippen molar-refractivity contribution in [2.75, 3.05) is 33.4 Å². The molecule has 0 aliphatic rings. The lowest BCUT2D eigenvalue weighted by molar-refractivity contribution is 0.475. The molecule has 0 saturated heterocycles. The molecular formula is C14H24N4O2S. The van der Waals surface area contributed by atoms with Gasteiger partial charge in [-0.15, -0.1) is 0 Å². The standard InChI is InChI=1S/C14H24N4O2S/c1-12-7-5-6-8-13(12)11-18(3)14(15-2)16-9-10-17-21(4,19)20/h5-8,17H,9-11H2,1-4H3,(H,15,16). The third-order valence-electron chi connectivity index (χ3n) is 3.01. The zero-order valence-electron chi connectivity index (χ0n) is 13.0. The summed E-state index contributed by atoms with van der Waals surface area (Å²) in [4.78, 5) is 6.20. The highest BCUT2D eigenvalue weighted by atomic mass is 32.2. The second-order valence-corrected chi connectivity index (χ2v) is 6.76. The van der Waals surface area contributed by atoms with Crippen LogP contribution in [0.1, 0.15) is 11.1 Å². The molecule has 1 aromatic rings. The lowest BCUT2D eigenvalue weighted by atomic mass is 10.1. The third-order valence-corrected chi connectivity index (χ3v) is 3.74. The first kappa shape index (κ1) is 17.5. The fourth-order valence-electron chi connectivity index (χ4n) is 1.91. The summed E-state index contributed by atoms with van der Waals surface area (Å²) in [5, 5.41) is 3.13. The molecule has 0 amide bonds. The highest BCUT2D eigenvalue weighted by Crippen LogP contribution is 2.09. The summed E-state index contributed by atoms with van der Waals surface area (Å²) in [5.74, 6) is 0.730. The van der Waals surface area contributed by atoms with Crippen LogP contribution in [0.25, 0.3) is 0 Å². The Bertz CT molecular complexity index is 584. The Morgan fingerprint density at radius 1 is 1.29 bits per heavy atom. The maximum Gasteiger partial charge on any atom is 0.208 e. The Hall–Kier alpha value is -1.60. The van der Waals surface area contributed by atoms with Crippen molar-refractivity contribution in [3.63, 3.8) is 0 Å². The number of hydrogen-bond donors (Lipinski definition) is 2. The highest BCUT2D eigenvalue weighted by molar-refractivity contribution is 7.88. The summed E-state index contributed by atoms with van der Waals surface area (Å²) in [6.07, 6.45) is 1.14. The monoisotopic (exact) mass is 312 g/mol. The molecule has 0 fully saturated rings. The molecule has 6 nitrogen and oxygen atoms in total. The summed E-state index contributed by atoms with van der Waals surface area (Å²) in [6.45, 7) is 3.63. The lowest BCUT2D eigenvalue weighted by Gasteiger charge is -2.23. The maximum atomic E-state index is 11.0. The minimum absolute atomic E-state index is 0.329. The zero-order chi connectivity index (χ0) is 15.9. The van der Waals surface area contributed by atoms with Gasteiger partial charge in [0.2, 0.25) is 10.0 Å². The van der Waals surface area contributed by atoms with Gasteiger partial charge in [0.15, 0.2) is 5.96 Å². The van der Waals surface area contributed by atoms with E-state index in [1.54, 1.807) is 7.05 Å². The van der Waals surface area contributed by atoms with E-state index in [-0.39, 0.29) is 0 Å². The molecule has 21 heavy (non-hydrogen) atoms. The average Bonchev–Trinajstić information content (AvgIpc) is 2.40. The molecule has 0 atom stereocenters. The lowest BCUT2D eigenvalue weighted by Crippen LogP contribution is -2.42. The molecule has 0 heterocycles. The summed E-state index contributed by atoms with van der Waals surface area (Å²) in [7, 11) is 0.512. The van der Waals surface area contributed by atoms with Gasteiger partial charge in [0.25, 0.3) is 0 Å². The number of aliphatic imine (C=N–C) groups is 1. The van der Waals surface area contributed by atoms with E-state index < -0.39 is 10.0 Å². The largest absolute Gasteiger partial charge is 0.355 e. The van der Waals surface area contributed by atoms with E-state index in [0.717, 1.165) is 18.8 Å². The minimum Gasteiger partial charge on any atom is -0.355 e. The van der Waals surface area contributed by atoms with Crippen LogP contribution in [0.2, 0.25) is 0 Å². The van der Waals surface area contributed by atoms with Crippen molar-refractivity contribution < 1.29 is 8.42 Å². The smallest absolute Gasteiger partial charge is 0.208 e. The third kappa shape index (κ3) is 6.59. The van der Waals surface area contributed by atoms with Crippen LogP contribution in [0.4, 0.5) is 0 Å². The highest BCUT2D eigenvalue weighted by Gasteiger charge is 2.08. The molecule has 0 aromatic heterocycles. The molecule has 0 aliphatic heterocycles. The maximum absolute atomic E-state index is 11.0. The first-order chi connectivity index (χ1) is 9.83. The van der Waals surface area contributed by atoms with Gasteiger partial charge in [-0.05, 0) is 18.1 Å². The molecule has 0 radical (unpaired) electrons. The van der Waals surface area contributed by atoms with Crippen LogP contribution in [0.3, 0.4) is 0 Å². The van der Waals surface area contributed by atoms with Gasteiger partial charge < -0.3 is 10.2 Å². The van der Waals surface area contributed by atoms with Crippen molar-refractivity contribution in [2.24, 2.45) is 4.99 Å². The molecular weight excluding hydrogens is 288 g/mol. The van der Waals surface area contributed by atoms with Gasteiger partial charge in [-0.1, -0.05) is 24.3 Å². The van der Waals surface area contributed by atoms with Crippen molar-refractivity contribution in [3.8, 4) is 0 Å². The number of aryl methyl sites for hydroxylation is 1. The Morgan fingerprint density at radius 2 is 1.95 bits per heavy atom. The molecule has 0 unspecified atom stereocenters. The number of rotatable bonds is 6. The van der Waals surface area contributed by atoms with Crippen LogP contribution in [-0.4, -0.2) is 52.7 Å². The van der Waals surface area contributed by atoms with E-state index >= 15 is 0 Å². The summed E-state index contributed by atoms with van der Waals surface area (Å²) < 4.78 is 24.4. The Morgan fingerprint density at radius 3 is 2.52 bits per heavy atom.